The van der Waals surface area contributed by atoms with Gasteiger partial charge in [-0.15, -0.1) is 0 Å². The summed E-state index contributed by atoms with van der Waals surface area (Å²) in [6.07, 6.45) is 4.60. The van der Waals surface area contributed by atoms with Crippen molar-refractivity contribution in [1.29, 1.82) is 0 Å². The highest BCUT2D eigenvalue weighted by molar-refractivity contribution is 6.06. The van der Waals surface area contributed by atoms with Crippen molar-refractivity contribution in [3.05, 3.63) is 76.7 Å². The van der Waals surface area contributed by atoms with E-state index in [0.717, 1.165) is 85.5 Å². The average molecular weight is 780 g/mol. The van der Waals surface area contributed by atoms with E-state index in [1.807, 2.05) is 48.5 Å². The van der Waals surface area contributed by atoms with Crippen LogP contribution in [0.15, 0.2) is 48.8 Å². The number of ether oxygens (including phenoxy) is 1. The summed E-state index contributed by atoms with van der Waals surface area (Å²) >= 11 is 0. The molecule has 0 radical (unpaired) electrons. The van der Waals surface area contributed by atoms with Crippen LogP contribution < -0.4 is 19.9 Å². The minimum absolute atomic E-state index is 0.0632. The Balaban J connectivity index is 0.758. The van der Waals surface area contributed by atoms with Crippen molar-refractivity contribution in [2.45, 2.75) is 76.2 Å². The third-order valence-corrected chi connectivity index (χ3v) is 13.2. The number of anilines is 2. The van der Waals surface area contributed by atoms with Crippen LogP contribution in [0.25, 0.3) is 10.9 Å². The molecule has 3 amide bonds. The predicted octanol–water partition coefficient (Wildman–Crippen LogP) is 4.12. The zero-order valence-electron chi connectivity index (χ0n) is 32.0. The van der Waals surface area contributed by atoms with E-state index in [1.165, 1.54) is 5.56 Å². The number of rotatable bonds is 8. The van der Waals surface area contributed by atoms with Gasteiger partial charge >= 0.3 is 0 Å². The molecule has 10 rings (SSSR count). The molecule has 4 aromatic rings. The van der Waals surface area contributed by atoms with E-state index in [9.17, 15) is 23.2 Å². The first kappa shape index (κ1) is 36.2. The number of carbonyl (C=O) groups excluding carboxylic acids is 3. The zero-order valence-corrected chi connectivity index (χ0v) is 32.0. The minimum Gasteiger partial charge on any atom is -0.489 e. The second-order valence-corrected chi connectivity index (χ2v) is 16.6. The normalized spacial score (nSPS) is 26.4. The number of alkyl halides is 2. The molecule has 0 bridgehead atoms. The minimum atomic E-state index is -2.45. The van der Waals surface area contributed by atoms with Crippen LogP contribution in [0.3, 0.4) is 0 Å². The van der Waals surface area contributed by atoms with Gasteiger partial charge in [0.25, 0.3) is 12.3 Å². The van der Waals surface area contributed by atoms with Crippen molar-refractivity contribution in [2.75, 3.05) is 62.2 Å². The van der Waals surface area contributed by atoms with E-state index < -0.39 is 18.4 Å². The zero-order chi connectivity index (χ0) is 38.9. The molecule has 0 spiro atoms. The Labute approximate surface area is 329 Å². The summed E-state index contributed by atoms with van der Waals surface area (Å²) in [6.45, 7) is 8.01. The third kappa shape index (κ3) is 6.48. The van der Waals surface area contributed by atoms with Crippen LogP contribution in [0.1, 0.15) is 71.4 Å². The molecule has 57 heavy (non-hydrogen) atoms. The van der Waals surface area contributed by atoms with Crippen LogP contribution in [-0.4, -0.2) is 124 Å². The van der Waals surface area contributed by atoms with Crippen molar-refractivity contribution in [3.8, 4) is 5.75 Å². The van der Waals surface area contributed by atoms with E-state index in [2.05, 4.69) is 37.1 Å². The number of aromatic amines is 1. The molecule has 3 fully saturated rings. The van der Waals surface area contributed by atoms with Gasteiger partial charge < -0.3 is 24.4 Å². The first-order valence-corrected chi connectivity index (χ1v) is 20.3. The molecule has 5 atom stereocenters. The number of nitrogens with zero attached hydrogens (tertiary/aromatic N) is 7. The molecule has 6 aliphatic rings. The first-order valence-electron chi connectivity index (χ1n) is 20.3. The molecule has 2 aromatic carbocycles. The molecule has 15 heteroatoms. The molecule has 0 saturated carbocycles. The standard InChI is InChI=1S/C42H47F2N9O4/c1-24-14-31-29-4-2-3-5-32(29)47-38(31)39(52(24)22-36(43)44)27-17-45-42(46-18-27)50-11-9-25(19-50)8-10-49-12-13-51-28(21-49)23-57-35-16-30-26(15-34(35)51)20-53(41(30)56)33-6-7-37(54)48-40(33)55/h2-5,15-18,24-25,28,33,36,39,47H,6-14,19-23H2,1H3,(H,48,54,55)/t24-,25+,28+,33?,39-/m1/s1. The van der Waals surface area contributed by atoms with Crippen LogP contribution >= 0.6 is 0 Å². The summed E-state index contributed by atoms with van der Waals surface area (Å²) in [6, 6.07) is 11.2. The topological polar surface area (TPSA) is 130 Å². The van der Waals surface area contributed by atoms with E-state index in [0.29, 0.717) is 49.2 Å². The Hall–Kier alpha value is -5.15. The van der Waals surface area contributed by atoms with Gasteiger partial charge in [0.1, 0.15) is 18.4 Å². The molecule has 0 aliphatic carbocycles. The van der Waals surface area contributed by atoms with E-state index in [-0.39, 0.29) is 42.9 Å². The fraction of sp³-hybridized carbons (Fsp3) is 0.500. The molecule has 2 N–H and O–H groups in total. The van der Waals surface area contributed by atoms with Gasteiger partial charge in [-0.3, -0.25) is 29.5 Å². The molecular formula is C42H47F2N9O4. The Morgan fingerprint density at radius 3 is 2.67 bits per heavy atom. The number of para-hydroxylation sites is 1. The molecule has 1 unspecified atom stereocenters. The molecule has 298 valence electrons. The van der Waals surface area contributed by atoms with Gasteiger partial charge in [0.15, 0.2) is 0 Å². The number of carbonyl (C=O) groups is 3. The van der Waals surface area contributed by atoms with Crippen molar-refractivity contribution < 1.29 is 27.9 Å². The number of amides is 3. The Bertz CT molecular complexity index is 2230. The number of imide groups is 1. The molecule has 2 aromatic heterocycles. The van der Waals surface area contributed by atoms with Crippen LogP contribution in [0.2, 0.25) is 0 Å². The second-order valence-electron chi connectivity index (χ2n) is 16.6. The highest BCUT2D eigenvalue weighted by Crippen LogP contribution is 2.43. The lowest BCUT2D eigenvalue weighted by Crippen LogP contribution is -2.57. The van der Waals surface area contributed by atoms with Gasteiger partial charge in [0.2, 0.25) is 17.8 Å². The highest BCUT2D eigenvalue weighted by atomic mass is 19.3. The fourth-order valence-electron chi connectivity index (χ4n) is 10.3. The van der Waals surface area contributed by atoms with Crippen LogP contribution in [-0.2, 0) is 22.6 Å². The van der Waals surface area contributed by atoms with Crippen molar-refractivity contribution in [2.24, 2.45) is 5.92 Å². The molecular weight excluding hydrogens is 733 g/mol. The lowest BCUT2D eigenvalue weighted by atomic mass is 9.89. The number of benzene rings is 2. The molecule has 6 aliphatic heterocycles. The highest BCUT2D eigenvalue weighted by Gasteiger charge is 2.42. The van der Waals surface area contributed by atoms with Crippen LogP contribution in [0.5, 0.6) is 5.75 Å². The van der Waals surface area contributed by atoms with Gasteiger partial charge in [-0.1, -0.05) is 18.2 Å². The summed E-state index contributed by atoms with van der Waals surface area (Å²) in [5, 5.41) is 3.52. The van der Waals surface area contributed by atoms with E-state index in [1.54, 1.807) is 4.90 Å². The van der Waals surface area contributed by atoms with Gasteiger partial charge in [0.05, 0.1) is 24.3 Å². The summed E-state index contributed by atoms with van der Waals surface area (Å²) in [7, 11) is 0. The maximum Gasteiger partial charge on any atom is 0.255 e. The lowest BCUT2D eigenvalue weighted by molar-refractivity contribution is -0.136. The van der Waals surface area contributed by atoms with Crippen LogP contribution in [0, 0.1) is 5.92 Å². The molecule has 8 heterocycles. The number of aromatic nitrogens is 3. The van der Waals surface area contributed by atoms with Crippen molar-refractivity contribution >= 4 is 40.3 Å². The van der Waals surface area contributed by atoms with Gasteiger partial charge in [-0.25, -0.2) is 18.7 Å². The maximum atomic E-state index is 13.9. The number of piperidine rings is 1. The SMILES string of the molecule is C[C@@H]1Cc2c([nH]c3ccccc23)[C@@H](c2cnc(N3CC[C@H](CCN4CCN5c6cc7c(cc6OC[C@@H]5C4)C(=O)N(C4CCC(=O)NC4=O)C7)C3)nc2)N1CC(F)F. The van der Waals surface area contributed by atoms with E-state index >= 15 is 0 Å². The molecule has 3 saturated heterocycles. The fourth-order valence-corrected chi connectivity index (χ4v) is 10.3. The van der Waals surface area contributed by atoms with E-state index in [4.69, 9.17) is 14.7 Å². The van der Waals surface area contributed by atoms with Crippen molar-refractivity contribution in [3.63, 3.8) is 0 Å². The number of nitrogens with one attached hydrogen (secondary N) is 2. The van der Waals surface area contributed by atoms with Crippen molar-refractivity contribution in [1.82, 2.24) is 35.0 Å². The number of hydrogen-bond acceptors (Lipinski definition) is 10. The summed E-state index contributed by atoms with van der Waals surface area (Å²) in [5.74, 6) is 1.01. The smallest absolute Gasteiger partial charge is 0.255 e. The summed E-state index contributed by atoms with van der Waals surface area (Å²) in [5.41, 5.74) is 6.43. The third-order valence-electron chi connectivity index (χ3n) is 13.2. The average Bonchev–Trinajstić information content (AvgIpc) is 3.92. The largest absolute Gasteiger partial charge is 0.489 e. The number of piperazine rings is 1. The Morgan fingerprint density at radius 1 is 1.00 bits per heavy atom. The lowest BCUT2D eigenvalue weighted by Gasteiger charge is -2.46. The van der Waals surface area contributed by atoms with Gasteiger partial charge in [-0.2, -0.15) is 0 Å². The monoisotopic (exact) mass is 779 g/mol. The van der Waals surface area contributed by atoms with Crippen LogP contribution in [0.4, 0.5) is 20.4 Å². The predicted molar refractivity (Wildman–Crippen MR) is 209 cm³/mol. The number of fused-ring (bicyclic) bond motifs is 7. The Morgan fingerprint density at radius 2 is 1.84 bits per heavy atom. The van der Waals surface area contributed by atoms with Gasteiger partial charge in [0, 0.05) is 91.8 Å². The number of hydrogen-bond donors (Lipinski definition) is 2. The van der Waals surface area contributed by atoms with Gasteiger partial charge in [-0.05, 0) is 74.4 Å². The maximum absolute atomic E-state index is 13.9. The summed E-state index contributed by atoms with van der Waals surface area (Å²) < 4.78 is 34.0. The molecule has 13 nitrogen and oxygen atoms in total. The number of halogens is 2. The second kappa shape index (κ2) is 14.3. The Kier molecular flexibility index (Phi) is 9.11. The number of H-pyrrole nitrogens is 1. The quantitative estimate of drug-likeness (QED) is 0.252. The summed E-state index contributed by atoms with van der Waals surface area (Å²) in [4.78, 5) is 61.4. The first-order chi connectivity index (χ1) is 27.7.